The first-order valence-electron chi connectivity index (χ1n) is 11.2. The number of tetrazole rings is 1. The largest absolute Gasteiger partial charge is 0.478 e. The van der Waals surface area contributed by atoms with E-state index in [4.69, 9.17) is 16.7 Å². The molecule has 0 bridgehead atoms. The second-order valence-electron chi connectivity index (χ2n) is 8.07. The molecule has 0 aliphatic carbocycles. The summed E-state index contributed by atoms with van der Waals surface area (Å²) in [5.74, 6) is -2.28. The highest BCUT2D eigenvalue weighted by atomic mass is 35.5. The first kappa shape index (κ1) is 25.5. The summed E-state index contributed by atoms with van der Waals surface area (Å²) in [6.45, 7) is 0.199. The fourth-order valence-corrected chi connectivity index (χ4v) is 3.83. The van der Waals surface area contributed by atoms with Crippen molar-refractivity contribution >= 4 is 35.2 Å². The molecule has 4 aromatic rings. The van der Waals surface area contributed by atoms with Gasteiger partial charge in [0.15, 0.2) is 0 Å². The van der Waals surface area contributed by atoms with Gasteiger partial charge in [0.1, 0.15) is 12.1 Å². The number of amides is 1. The quantitative estimate of drug-likeness (QED) is 0.270. The second kappa shape index (κ2) is 11.9. The maximum Gasteiger partial charge on any atom is 0.335 e. The molecule has 1 aromatic heterocycles. The highest BCUT2D eigenvalue weighted by molar-refractivity contribution is 6.30. The lowest BCUT2D eigenvalue weighted by Crippen LogP contribution is -2.40. The summed E-state index contributed by atoms with van der Waals surface area (Å²) in [4.78, 5) is 23.9. The molecule has 0 spiro atoms. The van der Waals surface area contributed by atoms with Crippen molar-refractivity contribution in [3.63, 3.8) is 0 Å². The van der Waals surface area contributed by atoms with Crippen LogP contribution in [0.2, 0.25) is 5.02 Å². The van der Waals surface area contributed by atoms with E-state index in [0.29, 0.717) is 22.7 Å². The minimum absolute atomic E-state index is 0.137. The van der Waals surface area contributed by atoms with Crippen LogP contribution in [0.5, 0.6) is 0 Å². The van der Waals surface area contributed by atoms with Gasteiger partial charge in [0, 0.05) is 23.2 Å². The van der Waals surface area contributed by atoms with Crippen molar-refractivity contribution < 1.29 is 19.1 Å². The number of anilines is 1. The molecule has 1 atom stereocenters. The van der Waals surface area contributed by atoms with Gasteiger partial charge in [-0.3, -0.25) is 4.79 Å². The number of nitrogens with zero attached hydrogens (tertiary/aromatic N) is 4. The molecular weight excluding hydrogens is 499 g/mol. The third kappa shape index (κ3) is 6.98. The summed E-state index contributed by atoms with van der Waals surface area (Å²) in [7, 11) is 0. The fraction of sp³-hybridized carbons (Fsp3) is 0.115. The van der Waals surface area contributed by atoms with Gasteiger partial charge in [0.2, 0.25) is 5.91 Å². The minimum atomic E-state index is -1.21. The Balaban J connectivity index is 1.49. The monoisotopic (exact) mass is 520 g/mol. The third-order valence-corrected chi connectivity index (χ3v) is 5.66. The SMILES string of the molecule is O=C(C=Cc1cc(Cl)ccc1-n1cnnn1)NC(CNc1ccc(C(=O)O)cc1F)Cc1ccccc1. The van der Waals surface area contributed by atoms with Crippen molar-refractivity contribution in [2.24, 2.45) is 0 Å². The number of carbonyl (C=O) groups is 2. The van der Waals surface area contributed by atoms with Gasteiger partial charge in [-0.05, 0) is 64.9 Å². The maximum absolute atomic E-state index is 14.4. The molecule has 9 nitrogen and oxygen atoms in total. The number of hydrogen-bond acceptors (Lipinski definition) is 6. The van der Waals surface area contributed by atoms with Crippen LogP contribution in [0.3, 0.4) is 0 Å². The lowest BCUT2D eigenvalue weighted by molar-refractivity contribution is -0.117. The van der Waals surface area contributed by atoms with Gasteiger partial charge in [0.25, 0.3) is 0 Å². The van der Waals surface area contributed by atoms with Gasteiger partial charge in [-0.15, -0.1) is 5.10 Å². The van der Waals surface area contributed by atoms with Gasteiger partial charge in [-0.25, -0.2) is 9.18 Å². The van der Waals surface area contributed by atoms with Crippen molar-refractivity contribution in [3.8, 4) is 5.69 Å². The van der Waals surface area contributed by atoms with E-state index < -0.39 is 17.8 Å². The van der Waals surface area contributed by atoms with Gasteiger partial charge in [-0.1, -0.05) is 41.9 Å². The molecule has 0 aliphatic rings. The first-order valence-corrected chi connectivity index (χ1v) is 11.6. The molecule has 3 aromatic carbocycles. The number of carbonyl (C=O) groups excluding carboxylic acids is 1. The Labute approximate surface area is 216 Å². The van der Waals surface area contributed by atoms with Gasteiger partial charge in [0.05, 0.1) is 23.0 Å². The van der Waals surface area contributed by atoms with Crippen molar-refractivity contribution in [2.75, 3.05) is 11.9 Å². The Morgan fingerprint density at radius 1 is 1.11 bits per heavy atom. The van der Waals surface area contributed by atoms with Crippen molar-refractivity contribution in [3.05, 3.63) is 107 Å². The number of carboxylic acid groups (broad SMARTS) is 1. The van der Waals surface area contributed by atoms with Crippen LogP contribution in [0, 0.1) is 5.82 Å². The number of nitrogens with one attached hydrogen (secondary N) is 2. The lowest BCUT2D eigenvalue weighted by atomic mass is 10.1. The second-order valence-corrected chi connectivity index (χ2v) is 8.50. The molecular formula is C26H22ClFN6O3. The summed E-state index contributed by atoms with van der Waals surface area (Å²) in [5, 5.41) is 26.6. The zero-order valence-electron chi connectivity index (χ0n) is 19.4. The Bertz CT molecular complexity index is 1410. The summed E-state index contributed by atoms with van der Waals surface area (Å²) < 4.78 is 15.9. The molecule has 11 heteroatoms. The average Bonchev–Trinajstić information content (AvgIpc) is 3.42. The van der Waals surface area contributed by atoms with E-state index in [1.165, 1.54) is 29.2 Å². The summed E-state index contributed by atoms with van der Waals surface area (Å²) >= 11 is 6.14. The van der Waals surface area contributed by atoms with Crippen LogP contribution < -0.4 is 10.6 Å². The van der Waals surface area contributed by atoms with Crippen LogP contribution in [0.25, 0.3) is 11.8 Å². The Kier molecular flexibility index (Phi) is 8.22. The zero-order chi connectivity index (χ0) is 26.2. The third-order valence-electron chi connectivity index (χ3n) is 5.43. The molecule has 4 rings (SSSR count). The summed E-state index contributed by atoms with van der Waals surface area (Å²) in [6.07, 6.45) is 4.90. The molecule has 0 saturated heterocycles. The highest BCUT2D eigenvalue weighted by Crippen LogP contribution is 2.20. The lowest BCUT2D eigenvalue weighted by Gasteiger charge is -2.20. The molecule has 0 saturated carbocycles. The molecule has 3 N–H and O–H groups in total. The van der Waals surface area contributed by atoms with Crippen LogP contribution in [0.1, 0.15) is 21.5 Å². The van der Waals surface area contributed by atoms with Crippen LogP contribution >= 0.6 is 11.6 Å². The van der Waals surface area contributed by atoms with Crippen LogP contribution in [0.15, 0.2) is 79.1 Å². The average molecular weight is 521 g/mol. The maximum atomic E-state index is 14.4. The van der Waals surface area contributed by atoms with Crippen LogP contribution in [0.4, 0.5) is 10.1 Å². The Morgan fingerprint density at radius 3 is 2.62 bits per heavy atom. The number of benzene rings is 3. The zero-order valence-corrected chi connectivity index (χ0v) is 20.1. The number of aromatic nitrogens is 4. The van der Waals surface area contributed by atoms with Crippen LogP contribution in [-0.2, 0) is 11.2 Å². The molecule has 1 heterocycles. The van der Waals surface area contributed by atoms with Crippen molar-refractivity contribution in [1.82, 2.24) is 25.5 Å². The number of hydrogen-bond donors (Lipinski definition) is 3. The number of halogens is 2. The minimum Gasteiger partial charge on any atom is -0.478 e. The van der Waals surface area contributed by atoms with E-state index in [2.05, 4.69) is 26.2 Å². The highest BCUT2D eigenvalue weighted by Gasteiger charge is 2.15. The van der Waals surface area contributed by atoms with E-state index >= 15 is 0 Å². The number of aromatic carboxylic acids is 1. The van der Waals surface area contributed by atoms with Crippen LogP contribution in [-0.4, -0.2) is 49.8 Å². The van der Waals surface area contributed by atoms with Crippen molar-refractivity contribution in [1.29, 1.82) is 0 Å². The molecule has 37 heavy (non-hydrogen) atoms. The topological polar surface area (TPSA) is 122 Å². The number of rotatable bonds is 10. The smallest absolute Gasteiger partial charge is 0.335 e. The van der Waals surface area contributed by atoms with Gasteiger partial charge in [-0.2, -0.15) is 4.68 Å². The Hall–Kier alpha value is -4.57. The summed E-state index contributed by atoms with van der Waals surface area (Å²) in [5.41, 5.74) is 2.24. The Morgan fingerprint density at radius 2 is 1.92 bits per heavy atom. The predicted octanol–water partition coefficient (Wildman–Crippen LogP) is 4.01. The van der Waals surface area contributed by atoms with E-state index in [-0.39, 0.29) is 23.7 Å². The first-order chi connectivity index (χ1) is 17.9. The predicted molar refractivity (Wildman–Crippen MR) is 137 cm³/mol. The standard InChI is InChI=1S/C26H22ClFN6O3/c27-20-8-10-24(34-16-30-32-33-34)18(13-20)7-11-25(35)31-21(12-17-4-2-1-3-5-17)15-29-23-9-6-19(26(36)37)14-22(23)28/h1-11,13-14,16,21,29H,12,15H2,(H,31,35)(H,36,37). The van der Waals surface area contributed by atoms with E-state index in [9.17, 15) is 14.0 Å². The molecule has 1 unspecified atom stereocenters. The van der Waals surface area contributed by atoms with E-state index in [0.717, 1.165) is 11.6 Å². The van der Waals surface area contributed by atoms with Crippen molar-refractivity contribution in [2.45, 2.75) is 12.5 Å². The number of carboxylic acids is 1. The molecule has 188 valence electrons. The molecule has 0 radical (unpaired) electrons. The van der Waals surface area contributed by atoms with Gasteiger partial charge < -0.3 is 15.7 Å². The fourth-order valence-electron chi connectivity index (χ4n) is 3.65. The normalized spacial score (nSPS) is 11.8. The molecule has 0 aliphatic heterocycles. The summed E-state index contributed by atoms with van der Waals surface area (Å²) in [6, 6.07) is 17.9. The van der Waals surface area contributed by atoms with E-state index in [1.807, 2.05) is 30.3 Å². The van der Waals surface area contributed by atoms with E-state index in [1.54, 1.807) is 24.3 Å². The molecule has 0 fully saturated rings. The molecule has 1 amide bonds. The van der Waals surface area contributed by atoms with Gasteiger partial charge >= 0.3 is 5.97 Å².